The topological polar surface area (TPSA) is 49.4 Å². The number of hydrogen-bond donors (Lipinski definition) is 1. The maximum atomic E-state index is 11.8. The number of rotatable bonds is 7. The highest BCUT2D eigenvalue weighted by Gasteiger charge is 2.17. The van der Waals surface area contributed by atoms with Crippen molar-refractivity contribution in [2.24, 2.45) is 0 Å². The highest BCUT2D eigenvalue weighted by atomic mass is 32.1. The van der Waals surface area contributed by atoms with Crippen LogP contribution in [0.4, 0.5) is 0 Å². The standard InChI is InChI=1S/C15H22N2O2S/c18-14(7-3-5-13-6-4-12-20-13)16-9-8-15(19)17-10-1-2-11-17/h4,6,12H,1-3,5,7-11H2,(H,16,18). The monoisotopic (exact) mass is 294 g/mol. The molecule has 1 aliphatic heterocycles. The van der Waals surface area contributed by atoms with E-state index in [1.165, 1.54) is 4.88 Å². The Morgan fingerprint density at radius 2 is 2.05 bits per heavy atom. The molecule has 5 heteroatoms. The average Bonchev–Trinajstić information content (AvgIpc) is 3.12. The van der Waals surface area contributed by atoms with Gasteiger partial charge in [-0.25, -0.2) is 0 Å². The first kappa shape index (κ1) is 15.0. The van der Waals surface area contributed by atoms with Gasteiger partial charge < -0.3 is 10.2 Å². The Balaban J connectivity index is 1.52. The number of nitrogens with zero attached hydrogens (tertiary/aromatic N) is 1. The molecule has 20 heavy (non-hydrogen) atoms. The van der Waals surface area contributed by atoms with Crippen LogP contribution >= 0.6 is 11.3 Å². The molecule has 0 spiro atoms. The van der Waals surface area contributed by atoms with Crippen molar-refractivity contribution in [2.75, 3.05) is 19.6 Å². The van der Waals surface area contributed by atoms with Crippen LogP contribution < -0.4 is 5.32 Å². The van der Waals surface area contributed by atoms with Crippen LogP contribution in [0.2, 0.25) is 0 Å². The fraction of sp³-hybridized carbons (Fsp3) is 0.600. The third kappa shape index (κ3) is 4.96. The molecule has 4 nitrogen and oxygen atoms in total. The van der Waals surface area contributed by atoms with Gasteiger partial charge in [0, 0.05) is 37.4 Å². The number of nitrogens with one attached hydrogen (secondary N) is 1. The number of aryl methyl sites for hydroxylation is 1. The molecule has 1 saturated heterocycles. The van der Waals surface area contributed by atoms with Crippen LogP contribution in [0, 0.1) is 0 Å². The van der Waals surface area contributed by atoms with Gasteiger partial charge in [0.15, 0.2) is 0 Å². The number of carbonyl (C=O) groups excluding carboxylic acids is 2. The average molecular weight is 294 g/mol. The zero-order chi connectivity index (χ0) is 14.2. The fourth-order valence-corrected chi connectivity index (χ4v) is 3.15. The minimum Gasteiger partial charge on any atom is -0.356 e. The minimum atomic E-state index is 0.0516. The van der Waals surface area contributed by atoms with Crippen molar-refractivity contribution in [3.05, 3.63) is 22.4 Å². The number of carbonyl (C=O) groups is 2. The van der Waals surface area contributed by atoms with E-state index in [-0.39, 0.29) is 11.8 Å². The summed E-state index contributed by atoms with van der Waals surface area (Å²) in [5, 5.41) is 4.89. The molecule has 2 heterocycles. The Morgan fingerprint density at radius 3 is 2.75 bits per heavy atom. The van der Waals surface area contributed by atoms with Crippen molar-refractivity contribution in [3.63, 3.8) is 0 Å². The van der Waals surface area contributed by atoms with Gasteiger partial charge in [-0.1, -0.05) is 6.07 Å². The highest BCUT2D eigenvalue weighted by Crippen LogP contribution is 2.12. The second-order valence-corrected chi connectivity index (χ2v) is 6.15. The molecule has 2 rings (SSSR count). The molecule has 1 fully saturated rings. The molecule has 0 unspecified atom stereocenters. The summed E-state index contributed by atoms with van der Waals surface area (Å²) in [7, 11) is 0. The summed E-state index contributed by atoms with van der Waals surface area (Å²) < 4.78 is 0. The van der Waals surface area contributed by atoms with Crippen LogP contribution in [0.1, 0.15) is 37.0 Å². The van der Waals surface area contributed by atoms with Gasteiger partial charge >= 0.3 is 0 Å². The van der Waals surface area contributed by atoms with Crippen LogP contribution in [0.25, 0.3) is 0 Å². The van der Waals surface area contributed by atoms with Gasteiger partial charge in [0.2, 0.25) is 11.8 Å². The lowest BCUT2D eigenvalue weighted by Crippen LogP contribution is -2.32. The van der Waals surface area contributed by atoms with Gasteiger partial charge in [0.1, 0.15) is 0 Å². The third-order valence-corrected chi connectivity index (χ3v) is 4.46. The number of thiophene rings is 1. The van der Waals surface area contributed by atoms with Crippen LogP contribution in [-0.2, 0) is 16.0 Å². The summed E-state index contributed by atoms with van der Waals surface area (Å²) in [5.74, 6) is 0.220. The van der Waals surface area contributed by atoms with E-state index in [1.54, 1.807) is 11.3 Å². The van der Waals surface area contributed by atoms with E-state index in [4.69, 9.17) is 0 Å². The second-order valence-electron chi connectivity index (χ2n) is 5.12. The predicted molar refractivity (Wildman–Crippen MR) is 80.7 cm³/mol. The van der Waals surface area contributed by atoms with E-state index in [9.17, 15) is 9.59 Å². The first-order valence-electron chi connectivity index (χ1n) is 7.32. The molecule has 110 valence electrons. The van der Waals surface area contributed by atoms with E-state index < -0.39 is 0 Å². The molecule has 0 bridgehead atoms. The van der Waals surface area contributed by atoms with Gasteiger partial charge in [-0.3, -0.25) is 9.59 Å². The Morgan fingerprint density at radius 1 is 1.25 bits per heavy atom. The maximum absolute atomic E-state index is 11.8. The molecular formula is C15H22N2O2S. The number of hydrogen-bond acceptors (Lipinski definition) is 3. The lowest BCUT2D eigenvalue weighted by Gasteiger charge is -2.15. The SMILES string of the molecule is O=C(CCCc1cccs1)NCCC(=O)N1CCCC1. The number of likely N-dealkylation sites (tertiary alicyclic amines) is 1. The van der Waals surface area contributed by atoms with E-state index in [2.05, 4.69) is 16.8 Å². The number of amides is 2. The van der Waals surface area contributed by atoms with Crippen LogP contribution in [-0.4, -0.2) is 36.3 Å². The zero-order valence-electron chi connectivity index (χ0n) is 11.8. The lowest BCUT2D eigenvalue weighted by molar-refractivity contribution is -0.130. The second kappa shape index (κ2) is 8.04. The molecule has 1 N–H and O–H groups in total. The largest absolute Gasteiger partial charge is 0.356 e. The normalized spacial score (nSPS) is 14.5. The first-order chi connectivity index (χ1) is 9.75. The van der Waals surface area contributed by atoms with Gasteiger partial charge in [-0.15, -0.1) is 11.3 Å². The summed E-state index contributed by atoms with van der Waals surface area (Å²) in [5.41, 5.74) is 0. The Kier molecular flexibility index (Phi) is 6.05. The molecular weight excluding hydrogens is 272 g/mol. The smallest absolute Gasteiger partial charge is 0.224 e. The van der Waals surface area contributed by atoms with Crippen molar-refractivity contribution < 1.29 is 9.59 Å². The Labute approximate surface area is 124 Å². The molecule has 2 amide bonds. The highest BCUT2D eigenvalue weighted by molar-refractivity contribution is 7.09. The van der Waals surface area contributed by atoms with Gasteiger partial charge in [-0.2, -0.15) is 0 Å². The minimum absolute atomic E-state index is 0.0516. The summed E-state index contributed by atoms with van der Waals surface area (Å²) in [4.78, 5) is 26.6. The van der Waals surface area contributed by atoms with Crippen LogP contribution in [0.5, 0.6) is 0 Å². The molecule has 0 saturated carbocycles. The Bertz CT molecular complexity index is 425. The summed E-state index contributed by atoms with van der Waals surface area (Å²) in [6.07, 6.45) is 5.01. The maximum Gasteiger partial charge on any atom is 0.224 e. The predicted octanol–water partition coefficient (Wildman–Crippen LogP) is 2.20. The third-order valence-electron chi connectivity index (χ3n) is 3.53. The molecule has 1 aromatic heterocycles. The molecule has 1 aromatic rings. The first-order valence-corrected chi connectivity index (χ1v) is 8.20. The summed E-state index contributed by atoms with van der Waals surface area (Å²) in [6.45, 7) is 2.23. The van der Waals surface area contributed by atoms with E-state index in [0.29, 0.717) is 19.4 Å². The van der Waals surface area contributed by atoms with Crippen LogP contribution in [0.15, 0.2) is 17.5 Å². The van der Waals surface area contributed by atoms with Crippen molar-refractivity contribution in [3.8, 4) is 0 Å². The molecule has 0 atom stereocenters. The zero-order valence-corrected chi connectivity index (χ0v) is 12.6. The van der Waals surface area contributed by atoms with Crippen LogP contribution in [0.3, 0.4) is 0 Å². The summed E-state index contributed by atoms with van der Waals surface area (Å²) in [6, 6.07) is 4.13. The van der Waals surface area contributed by atoms with Crippen molar-refractivity contribution >= 4 is 23.2 Å². The molecule has 0 aromatic carbocycles. The molecule has 0 radical (unpaired) electrons. The Hall–Kier alpha value is -1.36. The summed E-state index contributed by atoms with van der Waals surface area (Å²) >= 11 is 1.73. The van der Waals surface area contributed by atoms with E-state index in [0.717, 1.165) is 38.8 Å². The van der Waals surface area contributed by atoms with Gasteiger partial charge in [-0.05, 0) is 37.1 Å². The van der Waals surface area contributed by atoms with E-state index in [1.807, 2.05) is 11.0 Å². The van der Waals surface area contributed by atoms with Gasteiger partial charge in [0.25, 0.3) is 0 Å². The van der Waals surface area contributed by atoms with Gasteiger partial charge in [0.05, 0.1) is 0 Å². The van der Waals surface area contributed by atoms with Crippen molar-refractivity contribution in [2.45, 2.75) is 38.5 Å². The quantitative estimate of drug-likeness (QED) is 0.838. The molecule has 1 aliphatic rings. The van der Waals surface area contributed by atoms with Crippen molar-refractivity contribution in [1.82, 2.24) is 10.2 Å². The van der Waals surface area contributed by atoms with E-state index >= 15 is 0 Å². The lowest BCUT2D eigenvalue weighted by atomic mass is 10.2. The van der Waals surface area contributed by atoms with Crippen molar-refractivity contribution in [1.29, 1.82) is 0 Å². The fourth-order valence-electron chi connectivity index (χ4n) is 2.40. The molecule has 0 aliphatic carbocycles.